The van der Waals surface area contributed by atoms with E-state index in [1.807, 2.05) is 0 Å². The molecule has 0 atom stereocenters. The molecule has 0 saturated heterocycles. The third-order valence-corrected chi connectivity index (χ3v) is 4.09. The summed E-state index contributed by atoms with van der Waals surface area (Å²) in [7, 11) is 0. The number of carbonyl (C=O) groups is 3. The molecule has 0 heterocycles. The van der Waals surface area contributed by atoms with Crippen molar-refractivity contribution in [1.82, 2.24) is 0 Å². The Morgan fingerprint density at radius 1 is 0.459 bits per heavy atom. The number of carboxylic acids is 3. The first-order valence-electron chi connectivity index (χ1n) is 9.57. The number of aryl methyl sites for hydroxylation is 3. The molecule has 7 radical (unpaired) electrons. The Labute approximate surface area is 226 Å². The van der Waals surface area contributed by atoms with Crippen LogP contribution in [0.15, 0.2) is 72.8 Å². The Hall–Kier alpha value is -4.39. The van der Waals surface area contributed by atoms with Crippen LogP contribution in [0, 0.1) is 20.8 Å². The quantitative estimate of drug-likeness (QED) is 0.438. The fourth-order valence-corrected chi connectivity index (χ4v) is 2.41. The van der Waals surface area contributed by atoms with Crippen molar-refractivity contribution in [1.29, 1.82) is 0 Å². The summed E-state index contributed by atoms with van der Waals surface area (Å²) in [6, 6.07) is 20.2. The number of carboxylic acid groups (broad SMARTS) is 3. The number of aromatic carboxylic acids is 3. The minimum Gasteiger partial charge on any atom is -0.545 e. The molecule has 3 rings (SSSR count). The number of hydrogen-bond donors (Lipinski definition) is 0. The minimum absolute atomic E-state index is 0. The second kappa shape index (κ2) is 24.7. The Balaban J connectivity index is -0.000000197. The summed E-state index contributed by atoms with van der Waals surface area (Å²) in [5, 5.41) is 30.9. The Morgan fingerprint density at radius 2 is 0.622 bits per heavy atom. The molecule has 9 nitrogen and oxygen atoms in total. The van der Waals surface area contributed by atoms with E-state index in [1.54, 1.807) is 75.4 Å². The number of hydrogen-bond acceptors (Lipinski definition) is 9. The van der Waals surface area contributed by atoms with E-state index in [1.165, 1.54) is 18.2 Å². The zero-order chi connectivity index (χ0) is 28.7. The first-order valence-corrected chi connectivity index (χ1v) is 9.57. The van der Waals surface area contributed by atoms with Gasteiger partial charge in [-0.1, -0.05) is 72.8 Å². The molecule has 189 valence electrons. The van der Waals surface area contributed by atoms with Gasteiger partial charge < -0.3 is 29.7 Å². The molecule has 10 heteroatoms. The van der Waals surface area contributed by atoms with Crippen LogP contribution >= 0.6 is 0 Å². The molecule has 0 saturated carbocycles. The van der Waals surface area contributed by atoms with Gasteiger partial charge in [-0.3, -0.25) is 14.4 Å². The zero-order valence-corrected chi connectivity index (χ0v) is 21.3. The molecule has 0 unspecified atom stereocenters. The van der Waals surface area contributed by atoms with Crippen LogP contribution in [0.4, 0.5) is 0 Å². The van der Waals surface area contributed by atoms with Crippen molar-refractivity contribution in [2.75, 3.05) is 0 Å². The summed E-state index contributed by atoms with van der Waals surface area (Å²) in [5.41, 5.74) is 3.01. The maximum atomic E-state index is 10.3. The van der Waals surface area contributed by atoms with Crippen molar-refractivity contribution < 1.29 is 61.4 Å². The summed E-state index contributed by atoms with van der Waals surface area (Å²) < 4.78 is 0. The second-order valence-electron chi connectivity index (χ2n) is 6.31. The van der Waals surface area contributed by atoms with Gasteiger partial charge in [0.2, 0.25) is 0 Å². The van der Waals surface area contributed by atoms with Crippen LogP contribution in [0.25, 0.3) is 0 Å². The number of carbonyl (C=O) groups excluding carboxylic acids is 6. The van der Waals surface area contributed by atoms with Crippen LogP contribution in [-0.4, -0.2) is 38.3 Å². The molecule has 0 aliphatic rings. The summed E-state index contributed by atoms with van der Waals surface area (Å²) >= 11 is 0. The normalized spacial score (nSPS) is 7.86. The average molecular weight is 541 g/mol. The van der Waals surface area contributed by atoms with Gasteiger partial charge in [0.25, 0.3) is 20.4 Å². The molecule has 0 aliphatic carbocycles. The maximum absolute atomic E-state index is 10.3. The smallest absolute Gasteiger partial charge is 0.545 e. The largest absolute Gasteiger partial charge is 3.00 e. The van der Waals surface area contributed by atoms with Crippen molar-refractivity contribution in [3.8, 4) is 0 Å². The minimum atomic E-state index is -1.11. The van der Waals surface area contributed by atoms with E-state index in [0.717, 1.165) is 16.7 Å². The van der Waals surface area contributed by atoms with E-state index in [2.05, 4.69) is 20.4 Å². The van der Waals surface area contributed by atoms with Crippen molar-refractivity contribution in [3.63, 3.8) is 0 Å². The molecule has 37 heavy (non-hydrogen) atoms. The molecule has 0 aliphatic heterocycles. The number of rotatable bonds is 3. The van der Waals surface area contributed by atoms with Gasteiger partial charge in [0.15, 0.2) is 0 Å². The molecular formula is C27H21CrO9. The second-order valence-corrected chi connectivity index (χ2v) is 6.31. The van der Waals surface area contributed by atoms with Crippen LogP contribution in [-0.2, 0) is 31.7 Å². The van der Waals surface area contributed by atoms with E-state index >= 15 is 0 Å². The van der Waals surface area contributed by atoms with E-state index in [4.69, 9.17) is 14.4 Å². The fraction of sp³-hybridized carbons (Fsp3) is 0.111. The Morgan fingerprint density at radius 3 is 0.730 bits per heavy atom. The van der Waals surface area contributed by atoms with Crippen LogP contribution in [0.3, 0.4) is 0 Å². The molecule has 0 spiro atoms. The summed E-state index contributed by atoms with van der Waals surface area (Å²) in [5.74, 6) is -3.34. The predicted molar refractivity (Wildman–Crippen MR) is 124 cm³/mol. The summed E-state index contributed by atoms with van der Waals surface area (Å²) in [6.07, 6.45) is 0. The Kier molecular flexibility index (Phi) is 26.6. The third-order valence-electron chi connectivity index (χ3n) is 4.09. The van der Waals surface area contributed by atoms with Crippen molar-refractivity contribution in [2.24, 2.45) is 0 Å². The van der Waals surface area contributed by atoms with Crippen molar-refractivity contribution >= 4 is 38.3 Å². The van der Waals surface area contributed by atoms with Gasteiger partial charge in [0.1, 0.15) is 0 Å². The van der Waals surface area contributed by atoms with Crippen LogP contribution < -0.4 is 15.3 Å². The van der Waals surface area contributed by atoms with Crippen LogP contribution in [0.2, 0.25) is 0 Å². The van der Waals surface area contributed by atoms with Crippen LogP contribution in [0.1, 0.15) is 47.8 Å². The molecule has 0 amide bonds. The number of benzene rings is 3. The van der Waals surface area contributed by atoms with Gasteiger partial charge in [0.05, 0.1) is 17.9 Å². The predicted octanol–water partition coefficient (Wildman–Crippen LogP) is -0.118. The first kappa shape index (κ1) is 39.8. The molecule has 0 N–H and O–H groups in total. The third kappa shape index (κ3) is 16.8. The topological polar surface area (TPSA) is 172 Å². The monoisotopic (exact) mass is 541 g/mol. The molecular weight excluding hydrogens is 520 g/mol. The van der Waals surface area contributed by atoms with Gasteiger partial charge in [-0.15, -0.1) is 0 Å². The Bertz CT molecular complexity index is 948. The van der Waals surface area contributed by atoms with E-state index in [-0.39, 0.29) is 34.1 Å². The van der Waals surface area contributed by atoms with E-state index in [0.29, 0.717) is 0 Å². The molecule has 3 aromatic carbocycles. The van der Waals surface area contributed by atoms with Crippen molar-refractivity contribution in [3.05, 3.63) is 106 Å². The molecule has 0 bridgehead atoms. The molecule has 3 aromatic rings. The summed E-state index contributed by atoms with van der Waals surface area (Å²) in [6.45, 7) is 18.7. The van der Waals surface area contributed by atoms with Gasteiger partial charge in [-0.05, 0) is 37.5 Å². The first-order chi connectivity index (χ1) is 17.1. The van der Waals surface area contributed by atoms with Crippen molar-refractivity contribution in [2.45, 2.75) is 20.8 Å². The summed E-state index contributed by atoms with van der Waals surface area (Å²) in [4.78, 5) is 53.4. The van der Waals surface area contributed by atoms with Gasteiger partial charge >= 0.3 is 17.4 Å². The van der Waals surface area contributed by atoms with Gasteiger partial charge in [-0.2, -0.15) is 0 Å². The van der Waals surface area contributed by atoms with Gasteiger partial charge in [-0.25, -0.2) is 0 Å². The SMILES string of the molecule is Cc1ccccc1C(=O)[O-].Cc1ccccc1C(=O)[O-].Cc1ccccc1C(=O)[O-].[C]=O.[C]=O.[C]=O.[Cr+3]. The standard InChI is InChI=1S/3C8H8O2.3CO.Cr/c3*1-6-4-2-3-5-7(6)8(9)10;3*1-2;/h3*2-5H,1H3,(H,9,10);;;;/q;;;;;;+3/p-3. The van der Waals surface area contributed by atoms with Gasteiger partial charge in [0, 0.05) is 16.7 Å². The molecule has 0 aromatic heterocycles. The fourth-order valence-electron chi connectivity index (χ4n) is 2.41. The molecule has 0 fully saturated rings. The van der Waals surface area contributed by atoms with E-state index in [9.17, 15) is 29.7 Å². The van der Waals surface area contributed by atoms with E-state index < -0.39 is 17.9 Å². The zero-order valence-electron chi connectivity index (χ0n) is 20.0. The van der Waals surface area contributed by atoms with Crippen LogP contribution in [0.5, 0.6) is 0 Å². The maximum Gasteiger partial charge on any atom is 3.00 e. The average Bonchev–Trinajstić information content (AvgIpc) is 2.89.